The van der Waals surface area contributed by atoms with E-state index in [9.17, 15) is 0 Å². The van der Waals surface area contributed by atoms with Crippen LogP contribution in [0, 0.1) is 0 Å². The molecule has 0 N–H and O–H groups in total. The molecule has 0 saturated heterocycles. The molecule has 5 heteroatoms. The normalized spacial score (nSPS) is 3.60. The summed E-state index contributed by atoms with van der Waals surface area (Å²) >= 11 is 5.12. The SMILES string of the molecule is BrOBr.F.P. The van der Waals surface area contributed by atoms with Gasteiger partial charge in [0.15, 0.2) is 0 Å². The smallest absolute Gasteiger partial charge is 0.115 e. The third-order valence-corrected chi connectivity index (χ3v) is 0. The van der Waals surface area contributed by atoms with Gasteiger partial charge in [0.25, 0.3) is 0 Å². The Balaban J connectivity index is -0.0000000200. The van der Waals surface area contributed by atoms with Crippen LogP contribution in [0.4, 0.5) is 4.70 Å². The summed E-state index contributed by atoms with van der Waals surface area (Å²) in [6.07, 6.45) is 0. The van der Waals surface area contributed by atoms with E-state index < -0.39 is 0 Å². The molecule has 0 spiro atoms. The molecule has 0 radical (unpaired) electrons. The molecule has 0 aromatic rings. The average Bonchev–Trinajstić information content (AvgIpc) is 0.918. The van der Waals surface area contributed by atoms with Crippen LogP contribution >= 0.6 is 42.4 Å². The van der Waals surface area contributed by atoms with Crippen LogP contribution in [0.15, 0.2) is 0 Å². The molecule has 0 aliphatic heterocycles. The molecular formula is H4Br2FOP. The average molecular weight is 230 g/mol. The Bertz CT molecular complexity index is 9.61. The van der Waals surface area contributed by atoms with Crippen molar-refractivity contribution in [2.45, 2.75) is 0 Å². The first-order chi connectivity index (χ1) is 1.41. The second kappa shape index (κ2) is 18.6. The topological polar surface area (TPSA) is 9.23 Å². The van der Waals surface area contributed by atoms with Gasteiger partial charge in [0.1, 0.15) is 32.5 Å². The minimum atomic E-state index is 0. The molecule has 0 aliphatic rings. The summed E-state index contributed by atoms with van der Waals surface area (Å²) in [5, 5.41) is 0. The predicted molar refractivity (Wildman–Crippen MR) is 32.5 cm³/mol. The molecule has 1 nitrogen and oxygen atoms in total. The Morgan fingerprint density at radius 2 is 1.20 bits per heavy atom. The molecule has 0 bridgehead atoms. The molecule has 1 atom stereocenters. The molecule has 0 aromatic carbocycles. The lowest BCUT2D eigenvalue weighted by Gasteiger charge is -1.48. The molecule has 0 fully saturated rings. The highest BCUT2D eigenvalue weighted by atomic mass is 79.9. The first kappa shape index (κ1) is 16.3. The van der Waals surface area contributed by atoms with Gasteiger partial charge in [-0.05, 0) is 0 Å². The Morgan fingerprint density at radius 1 is 1.20 bits per heavy atom. The lowest BCUT2D eigenvalue weighted by Crippen LogP contribution is -1.10. The third-order valence-electron chi connectivity index (χ3n) is 0. The molecule has 0 heterocycles. The van der Waals surface area contributed by atoms with E-state index in [0.29, 0.717) is 0 Å². The lowest BCUT2D eigenvalue weighted by atomic mass is 16.0. The first-order valence-corrected chi connectivity index (χ1v) is 1.60. The monoisotopic (exact) mass is 228 g/mol. The summed E-state index contributed by atoms with van der Waals surface area (Å²) in [5.74, 6) is 0. The van der Waals surface area contributed by atoms with Gasteiger partial charge in [-0.2, -0.15) is 9.90 Å². The minimum absolute atomic E-state index is 0. The largest absolute Gasteiger partial charge is 0.269 e. The maximum atomic E-state index is 3.88. The van der Waals surface area contributed by atoms with Gasteiger partial charge in [-0.1, -0.05) is 0 Å². The van der Waals surface area contributed by atoms with E-state index >= 15 is 0 Å². The van der Waals surface area contributed by atoms with Crippen molar-refractivity contribution in [3.05, 3.63) is 0 Å². The molecule has 36 valence electrons. The van der Waals surface area contributed by atoms with Crippen molar-refractivity contribution in [1.82, 2.24) is 0 Å². The number of halogens is 3. The molecule has 5 heavy (non-hydrogen) atoms. The molecule has 1 unspecified atom stereocenters. The quantitative estimate of drug-likeness (QED) is 0.576. The zero-order valence-corrected chi connectivity index (χ0v) is 6.87. The van der Waals surface area contributed by atoms with E-state index in [0.717, 1.165) is 0 Å². The molecule has 0 aromatic heterocycles. The Morgan fingerprint density at radius 3 is 1.20 bits per heavy atom. The predicted octanol–water partition coefficient (Wildman–Crippen LogP) is 1.83. The van der Waals surface area contributed by atoms with Gasteiger partial charge < -0.3 is 0 Å². The second-order valence-corrected chi connectivity index (χ2v) is 1.57. The van der Waals surface area contributed by atoms with E-state index in [1.54, 1.807) is 0 Å². The first-order valence-electron chi connectivity index (χ1n) is 0.309. The molecule has 0 aliphatic carbocycles. The fourth-order valence-corrected chi connectivity index (χ4v) is 0. The number of hydrogen-bond donors (Lipinski definition) is 0. The van der Waals surface area contributed by atoms with Crippen molar-refractivity contribution in [1.29, 1.82) is 0 Å². The fraction of sp³-hybridized carbons (Fsp3) is 0. The van der Waals surface area contributed by atoms with E-state index in [1.807, 2.05) is 0 Å². The van der Waals surface area contributed by atoms with Crippen LogP contribution in [0.2, 0.25) is 0 Å². The van der Waals surface area contributed by atoms with Crippen LogP contribution in [0.5, 0.6) is 0 Å². The summed E-state index contributed by atoms with van der Waals surface area (Å²) in [6, 6.07) is 0. The maximum absolute atomic E-state index is 3.88. The summed E-state index contributed by atoms with van der Waals surface area (Å²) in [7, 11) is 0. The molecule has 0 saturated carbocycles. The van der Waals surface area contributed by atoms with Gasteiger partial charge in [0.05, 0.1) is 0 Å². The van der Waals surface area contributed by atoms with E-state index in [-0.39, 0.29) is 14.6 Å². The Labute approximate surface area is 50.4 Å². The Hall–Kier alpha value is 1.28. The van der Waals surface area contributed by atoms with Gasteiger partial charge in [-0.25, -0.2) is 2.92 Å². The lowest BCUT2D eigenvalue weighted by molar-refractivity contribution is 0.838. The van der Waals surface area contributed by atoms with E-state index in [4.69, 9.17) is 0 Å². The zero-order chi connectivity index (χ0) is 2.71. The van der Waals surface area contributed by atoms with Crippen LogP contribution in [0.3, 0.4) is 0 Å². The van der Waals surface area contributed by atoms with Crippen molar-refractivity contribution in [3.63, 3.8) is 0 Å². The van der Waals surface area contributed by atoms with Gasteiger partial charge in [-0.15, -0.1) is 0 Å². The van der Waals surface area contributed by atoms with Gasteiger partial charge >= 0.3 is 0 Å². The highest BCUT2D eigenvalue weighted by Gasteiger charge is 1.37. The number of hydrogen-bond acceptors (Lipinski definition) is 1. The van der Waals surface area contributed by atoms with Crippen LogP contribution in [-0.2, 0) is 2.92 Å². The molecule has 0 amide bonds. The molecular weight excluding hydrogens is 226 g/mol. The summed E-state index contributed by atoms with van der Waals surface area (Å²) in [4.78, 5) is 0. The summed E-state index contributed by atoms with van der Waals surface area (Å²) in [5.41, 5.74) is 0. The van der Waals surface area contributed by atoms with Gasteiger partial charge in [0, 0.05) is 0 Å². The van der Waals surface area contributed by atoms with Crippen LogP contribution < -0.4 is 0 Å². The van der Waals surface area contributed by atoms with Crippen LogP contribution in [-0.4, -0.2) is 0 Å². The highest BCUT2D eigenvalue weighted by molar-refractivity contribution is 9.18. The van der Waals surface area contributed by atoms with Crippen molar-refractivity contribution in [2.75, 3.05) is 0 Å². The molecule has 0 rings (SSSR count). The van der Waals surface area contributed by atoms with Crippen molar-refractivity contribution < 1.29 is 7.62 Å². The van der Waals surface area contributed by atoms with Crippen molar-refractivity contribution in [2.24, 2.45) is 0 Å². The highest BCUT2D eigenvalue weighted by Crippen LogP contribution is 1.88. The third kappa shape index (κ3) is 34.7. The Kier molecular flexibility index (Phi) is 60.6. The van der Waals surface area contributed by atoms with Crippen molar-refractivity contribution >= 4 is 42.4 Å². The zero-order valence-electron chi connectivity index (χ0n) is 2.28. The maximum Gasteiger partial charge on any atom is 0.115 e. The van der Waals surface area contributed by atoms with E-state index in [2.05, 4.69) is 35.4 Å². The standard InChI is InChI=1S/Br2O.FH.H3P/c1-3-2;;/h;1H;1H3. The second-order valence-electron chi connectivity index (χ2n) is 0.0583. The minimum Gasteiger partial charge on any atom is -0.269 e. The summed E-state index contributed by atoms with van der Waals surface area (Å²) in [6.45, 7) is 0. The van der Waals surface area contributed by atoms with Crippen LogP contribution in [0.1, 0.15) is 0 Å². The van der Waals surface area contributed by atoms with E-state index in [1.165, 1.54) is 0 Å². The van der Waals surface area contributed by atoms with Crippen LogP contribution in [0.25, 0.3) is 0 Å². The summed E-state index contributed by atoms with van der Waals surface area (Å²) < 4.78 is 3.88. The van der Waals surface area contributed by atoms with Gasteiger partial charge in [0.2, 0.25) is 0 Å². The van der Waals surface area contributed by atoms with Crippen molar-refractivity contribution in [3.8, 4) is 0 Å². The number of rotatable bonds is 0. The fourth-order valence-electron chi connectivity index (χ4n) is 0. The van der Waals surface area contributed by atoms with Gasteiger partial charge in [-0.3, -0.25) is 4.70 Å².